The number of hydrazone groups is 1. The first kappa shape index (κ1) is 18.2. The minimum atomic E-state index is -0.504. The Morgan fingerprint density at radius 1 is 1.32 bits per heavy atom. The van der Waals surface area contributed by atoms with Crippen LogP contribution in [0.25, 0.3) is 0 Å². The third-order valence-electron chi connectivity index (χ3n) is 3.04. The molecule has 0 aliphatic rings. The molecule has 0 atom stereocenters. The van der Waals surface area contributed by atoms with E-state index in [9.17, 15) is 4.79 Å². The summed E-state index contributed by atoms with van der Waals surface area (Å²) in [5, 5.41) is 5.00. The van der Waals surface area contributed by atoms with E-state index < -0.39 is 11.4 Å². The zero-order valence-corrected chi connectivity index (χ0v) is 14.6. The number of ether oxygens (including phenoxy) is 1. The Morgan fingerprint density at radius 3 is 2.32 bits per heavy atom. The van der Waals surface area contributed by atoms with E-state index in [1.54, 1.807) is 6.92 Å². The Morgan fingerprint density at radius 2 is 1.86 bits per heavy atom. The van der Waals surface area contributed by atoms with Gasteiger partial charge in [0.1, 0.15) is 17.4 Å². The fourth-order valence-electron chi connectivity index (χ4n) is 1.76. The number of allylic oxidation sites excluding steroid dienone is 1. The van der Waals surface area contributed by atoms with Crippen molar-refractivity contribution in [3.63, 3.8) is 0 Å². The molecule has 0 spiro atoms. The molecule has 0 fully saturated rings. The van der Waals surface area contributed by atoms with Crippen LogP contribution < -0.4 is 0 Å². The molecule has 0 N–H and O–H groups in total. The largest absolute Gasteiger partial charge is 0.492 e. The average Bonchev–Trinajstić information content (AvgIpc) is 2.44. The number of halogens is 1. The number of amides is 1. The van der Waals surface area contributed by atoms with E-state index in [2.05, 4.69) is 11.8 Å². The summed E-state index contributed by atoms with van der Waals surface area (Å²) in [6.07, 6.45) is 0. The quantitative estimate of drug-likeness (QED) is 0.352. The zero-order valence-electron chi connectivity index (χ0n) is 13.8. The number of hydrogen-bond donors (Lipinski definition) is 0. The molecule has 0 unspecified atom stereocenters. The van der Waals surface area contributed by atoms with Crippen molar-refractivity contribution < 1.29 is 9.53 Å². The van der Waals surface area contributed by atoms with Gasteiger partial charge in [-0.25, -0.2) is 5.01 Å². The molecule has 0 bridgehead atoms. The average molecular weight is 323 g/mol. The van der Waals surface area contributed by atoms with E-state index in [0.29, 0.717) is 12.4 Å². The number of carbonyl (C=O) groups is 1. The Balaban J connectivity index is 2.81. The fourth-order valence-corrected chi connectivity index (χ4v) is 1.90. The lowest BCUT2D eigenvalue weighted by Gasteiger charge is -2.30. The molecule has 5 heteroatoms. The normalized spacial score (nSPS) is 12.5. The van der Waals surface area contributed by atoms with Gasteiger partial charge in [-0.05, 0) is 40.2 Å². The third-order valence-corrected chi connectivity index (χ3v) is 3.47. The summed E-state index contributed by atoms with van der Waals surface area (Å²) in [7, 11) is 0. The number of benzene rings is 1. The van der Waals surface area contributed by atoms with E-state index >= 15 is 0 Å². The first-order valence-electron chi connectivity index (χ1n) is 7.02. The molecule has 22 heavy (non-hydrogen) atoms. The van der Waals surface area contributed by atoms with E-state index in [0.717, 1.165) is 5.56 Å². The van der Waals surface area contributed by atoms with Gasteiger partial charge < -0.3 is 4.74 Å². The molecule has 120 valence electrons. The Kier molecular flexibility index (Phi) is 6.18. The van der Waals surface area contributed by atoms with E-state index in [1.165, 1.54) is 10.6 Å². The summed E-state index contributed by atoms with van der Waals surface area (Å²) in [4.78, 5) is 12.3. The van der Waals surface area contributed by atoms with Gasteiger partial charge in [0.25, 0.3) is 5.91 Å². The topological polar surface area (TPSA) is 41.9 Å². The van der Waals surface area contributed by atoms with Crippen LogP contribution in [0.15, 0.2) is 40.2 Å². The molecule has 0 saturated carbocycles. The molecular weight excluding hydrogens is 300 g/mol. The van der Waals surface area contributed by atoms with Crippen molar-refractivity contribution in [3.05, 3.63) is 46.2 Å². The van der Waals surface area contributed by atoms with Gasteiger partial charge >= 0.3 is 0 Å². The second-order valence-corrected chi connectivity index (χ2v) is 6.45. The van der Waals surface area contributed by atoms with Crippen LogP contribution in [0.5, 0.6) is 0 Å². The van der Waals surface area contributed by atoms with E-state index in [1.807, 2.05) is 52.0 Å². The number of carbonyl (C=O) groups excluding carboxylic acids is 1. The highest BCUT2D eigenvalue weighted by Gasteiger charge is 2.29. The molecule has 1 amide bonds. The molecule has 0 aromatic heterocycles. The van der Waals surface area contributed by atoms with Gasteiger partial charge in [0.05, 0.1) is 5.54 Å². The fraction of sp³-hybridized carbons (Fsp3) is 0.412. The molecule has 0 aliphatic carbocycles. The third kappa shape index (κ3) is 4.88. The smallest absolute Gasteiger partial charge is 0.289 e. The lowest BCUT2D eigenvalue weighted by molar-refractivity contribution is -0.131. The second-order valence-electron chi connectivity index (χ2n) is 6.07. The van der Waals surface area contributed by atoms with Crippen LogP contribution in [0, 0.1) is 6.92 Å². The van der Waals surface area contributed by atoms with Gasteiger partial charge in [-0.2, -0.15) is 5.10 Å². The van der Waals surface area contributed by atoms with E-state index in [-0.39, 0.29) is 5.03 Å². The standard InChI is InChI=1S/C17H23ClN2O2/c1-12-7-9-14(10-8-12)11-22-13(2)15(18)16(21)20(19-6)17(3,4)5/h7-10H,6,11H2,1-5H3/b15-13-. The molecule has 0 radical (unpaired) electrons. The highest BCUT2D eigenvalue weighted by atomic mass is 35.5. The number of nitrogens with zero attached hydrogens (tertiary/aromatic N) is 2. The predicted octanol–water partition coefficient (Wildman–Crippen LogP) is 4.22. The number of hydrogen-bond acceptors (Lipinski definition) is 3. The molecular formula is C17H23ClN2O2. The van der Waals surface area contributed by atoms with Gasteiger partial charge in [-0.1, -0.05) is 41.4 Å². The molecule has 0 saturated heterocycles. The second kappa shape index (κ2) is 7.45. The molecule has 4 nitrogen and oxygen atoms in total. The maximum absolute atomic E-state index is 12.3. The van der Waals surface area contributed by atoms with Crippen LogP contribution >= 0.6 is 11.6 Å². The molecule has 1 aromatic carbocycles. The molecule has 1 aromatic rings. The van der Waals surface area contributed by atoms with Crippen LogP contribution in [0.2, 0.25) is 0 Å². The number of rotatable bonds is 5. The zero-order chi connectivity index (χ0) is 16.9. The predicted molar refractivity (Wildman–Crippen MR) is 90.7 cm³/mol. The maximum atomic E-state index is 12.3. The van der Waals surface area contributed by atoms with Crippen molar-refractivity contribution in [1.29, 1.82) is 0 Å². The van der Waals surface area contributed by atoms with Crippen molar-refractivity contribution in [2.75, 3.05) is 0 Å². The van der Waals surface area contributed by atoms with Crippen molar-refractivity contribution >= 4 is 24.2 Å². The molecule has 1 rings (SSSR count). The van der Waals surface area contributed by atoms with Gasteiger partial charge in [-0.15, -0.1) is 0 Å². The van der Waals surface area contributed by atoms with Crippen molar-refractivity contribution in [2.45, 2.75) is 46.8 Å². The molecule has 0 aliphatic heterocycles. The maximum Gasteiger partial charge on any atom is 0.289 e. The van der Waals surface area contributed by atoms with Crippen LogP contribution in [-0.4, -0.2) is 23.2 Å². The first-order valence-corrected chi connectivity index (χ1v) is 7.40. The van der Waals surface area contributed by atoms with Crippen LogP contribution in [-0.2, 0) is 16.1 Å². The van der Waals surface area contributed by atoms with Gasteiger partial charge in [0, 0.05) is 6.72 Å². The summed E-state index contributed by atoms with van der Waals surface area (Å²) in [6.45, 7) is 13.0. The Labute approximate surface area is 137 Å². The van der Waals surface area contributed by atoms with Gasteiger partial charge in [-0.3, -0.25) is 4.79 Å². The van der Waals surface area contributed by atoms with Crippen molar-refractivity contribution in [3.8, 4) is 0 Å². The van der Waals surface area contributed by atoms with Crippen molar-refractivity contribution in [2.24, 2.45) is 5.10 Å². The Bertz CT molecular complexity index is 571. The van der Waals surface area contributed by atoms with Crippen molar-refractivity contribution in [1.82, 2.24) is 5.01 Å². The van der Waals surface area contributed by atoms with Gasteiger partial charge in [0.15, 0.2) is 0 Å². The molecule has 0 heterocycles. The summed E-state index contributed by atoms with van der Waals surface area (Å²) in [5.74, 6) is -0.0595. The monoisotopic (exact) mass is 322 g/mol. The van der Waals surface area contributed by atoms with E-state index in [4.69, 9.17) is 16.3 Å². The first-order chi connectivity index (χ1) is 10.2. The van der Waals surface area contributed by atoms with Gasteiger partial charge in [0.2, 0.25) is 0 Å². The summed E-state index contributed by atoms with van der Waals surface area (Å²) in [5.41, 5.74) is 1.69. The highest BCUT2D eigenvalue weighted by Crippen LogP contribution is 2.22. The summed E-state index contributed by atoms with van der Waals surface area (Å²) in [6, 6.07) is 7.97. The minimum Gasteiger partial charge on any atom is -0.492 e. The number of aryl methyl sites for hydroxylation is 1. The van der Waals surface area contributed by atoms with Crippen LogP contribution in [0.1, 0.15) is 38.8 Å². The van der Waals surface area contributed by atoms with Crippen LogP contribution in [0.4, 0.5) is 0 Å². The minimum absolute atomic E-state index is 0.00874. The summed E-state index contributed by atoms with van der Waals surface area (Å²) < 4.78 is 5.60. The summed E-state index contributed by atoms with van der Waals surface area (Å²) >= 11 is 6.13. The SMILES string of the molecule is C=NN(C(=O)/C(Cl)=C(\C)OCc1ccc(C)cc1)C(C)(C)C. The lowest BCUT2D eigenvalue weighted by Crippen LogP contribution is -2.41. The van der Waals surface area contributed by atoms with Crippen LogP contribution in [0.3, 0.4) is 0 Å². The highest BCUT2D eigenvalue weighted by molar-refractivity contribution is 6.42. The Hall–Kier alpha value is -1.81. The lowest BCUT2D eigenvalue weighted by atomic mass is 10.1.